The lowest BCUT2D eigenvalue weighted by molar-refractivity contribution is -0.137. The maximum Gasteiger partial charge on any atom is 0.330 e. The zero-order valence-electron chi connectivity index (χ0n) is 9.06. The molecule has 0 fully saturated rings. The van der Waals surface area contributed by atoms with Gasteiger partial charge in [-0.1, -0.05) is 46.3 Å². The van der Waals surface area contributed by atoms with Gasteiger partial charge in [-0.05, 0) is 24.5 Å². The summed E-state index contributed by atoms with van der Waals surface area (Å²) in [7, 11) is 0. The van der Waals surface area contributed by atoms with Crippen molar-refractivity contribution >= 4 is 28.0 Å². The fourth-order valence-corrected chi connectivity index (χ4v) is 1.54. The summed E-state index contributed by atoms with van der Waals surface area (Å²) in [5.41, 5.74) is 1.000. The van der Waals surface area contributed by atoms with Crippen LogP contribution < -0.4 is 0 Å². The van der Waals surface area contributed by atoms with Crippen LogP contribution in [0.15, 0.2) is 36.4 Å². The average Bonchev–Trinajstić information content (AvgIpc) is 2.33. The molecule has 0 bridgehead atoms. The fraction of sp³-hybridized carbons (Fsp3) is 0.308. The largest absolute Gasteiger partial charge is 0.463 e. The summed E-state index contributed by atoms with van der Waals surface area (Å²) in [6.45, 7) is 0.490. The molecule has 1 aromatic rings. The third-order valence-corrected chi connectivity index (χ3v) is 2.54. The van der Waals surface area contributed by atoms with Crippen molar-refractivity contribution in [2.75, 3.05) is 11.9 Å². The Morgan fingerprint density at radius 3 is 2.69 bits per heavy atom. The summed E-state index contributed by atoms with van der Waals surface area (Å²) in [6.07, 6.45) is 5.14. The van der Waals surface area contributed by atoms with Crippen LogP contribution in [0.2, 0.25) is 0 Å². The predicted molar refractivity (Wildman–Crippen MR) is 69.5 cm³/mol. The zero-order chi connectivity index (χ0) is 11.6. The Bertz CT molecular complexity index is 333. The van der Waals surface area contributed by atoms with Crippen molar-refractivity contribution in [3.05, 3.63) is 42.0 Å². The van der Waals surface area contributed by atoms with E-state index in [0.717, 1.165) is 23.7 Å². The molecule has 0 aliphatic carbocycles. The molecule has 0 atom stereocenters. The molecule has 0 amide bonds. The van der Waals surface area contributed by atoms with Gasteiger partial charge in [0.1, 0.15) is 0 Å². The van der Waals surface area contributed by atoms with Gasteiger partial charge < -0.3 is 4.74 Å². The summed E-state index contributed by atoms with van der Waals surface area (Å²) in [6, 6.07) is 9.68. The second-order valence-corrected chi connectivity index (χ2v) is 4.10. The van der Waals surface area contributed by atoms with Crippen LogP contribution in [0.4, 0.5) is 0 Å². The number of hydrogen-bond donors (Lipinski definition) is 0. The number of carbonyl (C=O) groups is 1. The van der Waals surface area contributed by atoms with Crippen molar-refractivity contribution in [3.63, 3.8) is 0 Å². The second-order valence-electron chi connectivity index (χ2n) is 3.31. The molecule has 16 heavy (non-hydrogen) atoms. The van der Waals surface area contributed by atoms with Crippen molar-refractivity contribution in [2.45, 2.75) is 12.8 Å². The van der Waals surface area contributed by atoms with Crippen LogP contribution in [0.25, 0.3) is 6.08 Å². The van der Waals surface area contributed by atoms with Crippen LogP contribution >= 0.6 is 15.9 Å². The van der Waals surface area contributed by atoms with Crippen LogP contribution in [0.1, 0.15) is 18.4 Å². The van der Waals surface area contributed by atoms with Gasteiger partial charge in [-0.2, -0.15) is 0 Å². The molecule has 2 nitrogen and oxygen atoms in total. The van der Waals surface area contributed by atoms with E-state index in [1.807, 2.05) is 30.3 Å². The number of carbonyl (C=O) groups excluding carboxylic acids is 1. The van der Waals surface area contributed by atoms with Gasteiger partial charge in [-0.25, -0.2) is 4.79 Å². The molecule has 0 heterocycles. The molecule has 0 saturated carbocycles. The molecule has 3 heteroatoms. The van der Waals surface area contributed by atoms with Crippen LogP contribution in [0.3, 0.4) is 0 Å². The van der Waals surface area contributed by atoms with Gasteiger partial charge in [-0.15, -0.1) is 0 Å². The normalized spacial score (nSPS) is 10.6. The van der Waals surface area contributed by atoms with E-state index < -0.39 is 0 Å². The van der Waals surface area contributed by atoms with Crippen molar-refractivity contribution in [1.82, 2.24) is 0 Å². The van der Waals surface area contributed by atoms with Gasteiger partial charge in [-0.3, -0.25) is 0 Å². The van der Waals surface area contributed by atoms with Gasteiger partial charge in [0, 0.05) is 11.4 Å². The molecule has 0 aromatic heterocycles. The molecule has 0 radical (unpaired) electrons. The first-order valence-corrected chi connectivity index (χ1v) is 6.41. The van der Waals surface area contributed by atoms with Crippen molar-refractivity contribution < 1.29 is 9.53 Å². The van der Waals surface area contributed by atoms with Crippen LogP contribution in [0.5, 0.6) is 0 Å². The van der Waals surface area contributed by atoms with Gasteiger partial charge in [0.2, 0.25) is 0 Å². The van der Waals surface area contributed by atoms with Crippen molar-refractivity contribution in [2.24, 2.45) is 0 Å². The molecule has 0 aliphatic rings. The summed E-state index contributed by atoms with van der Waals surface area (Å²) in [5.74, 6) is -0.279. The average molecular weight is 283 g/mol. The van der Waals surface area contributed by atoms with Gasteiger partial charge >= 0.3 is 5.97 Å². The topological polar surface area (TPSA) is 26.3 Å². The number of rotatable bonds is 6. The van der Waals surface area contributed by atoms with E-state index in [1.54, 1.807) is 6.08 Å². The van der Waals surface area contributed by atoms with Crippen LogP contribution in [-0.4, -0.2) is 17.9 Å². The highest BCUT2D eigenvalue weighted by atomic mass is 79.9. The number of esters is 1. The first-order chi connectivity index (χ1) is 7.83. The Morgan fingerprint density at radius 1 is 1.25 bits per heavy atom. The van der Waals surface area contributed by atoms with Crippen LogP contribution in [-0.2, 0) is 9.53 Å². The molecule has 0 saturated heterocycles. The first kappa shape index (κ1) is 13.0. The van der Waals surface area contributed by atoms with E-state index in [9.17, 15) is 4.79 Å². The summed E-state index contributed by atoms with van der Waals surface area (Å²) in [4.78, 5) is 11.3. The van der Waals surface area contributed by atoms with E-state index in [1.165, 1.54) is 6.08 Å². The minimum Gasteiger partial charge on any atom is -0.463 e. The molecule has 1 aromatic carbocycles. The lowest BCUT2D eigenvalue weighted by Gasteiger charge is -1.99. The first-order valence-electron chi connectivity index (χ1n) is 5.29. The number of halogens is 1. The Hall–Kier alpha value is -1.09. The fourth-order valence-electron chi connectivity index (χ4n) is 1.15. The van der Waals surface area contributed by atoms with Gasteiger partial charge in [0.25, 0.3) is 0 Å². The quantitative estimate of drug-likeness (QED) is 0.346. The highest BCUT2D eigenvalue weighted by Crippen LogP contribution is 2.01. The highest BCUT2D eigenvalue weighted by Gasteiger charge is 1.96. The molecule has 0 N–H and O–H groups in total. The van der Waals surface area contributed by atoms with E-state index >= 15 is 0 Å². The summed E-state index contributed by atoms with van der Waals surface area (Å²) in [5, 5.41) is 0.949. The maximum absolute atomic E-state index is 11.3. The van der Waals surface area contributed by atoms with E-state index in [4.69, 9.17) is 4.74 Å². The number of benzene rings is 1. The molecule has 0 spiro atoms. The second kappa shape index (κ2) is 8.11. The van der Waals surface area contributed by atoms with Crippen LogP contribution in [0, 0.1) is 0 Å². The van der Waals surface area contributed by atoms with E-state index in [2.05, 4.69) is 15.9 Å². The molecule has 0 aliphatic heterocycles. The SMILES string of the molecule is O=C(/C=C/c1ccccc1)OCCCCBr. The molecule has 1 rings (SSSR count). The molecule has 0 unspecified atom stereocenters. The Kier molecular flexibility index (Phi) is 6.58. The number of unbranched alkanes of at least 4 members (excludes halogenated alkanes) is 1. The summed E-state index contributed by atoms with van der Waals surface area (Å²) < 4.78 is 5.02. The Morgan fingerprint density at radius 2 is 2.00 bits per heavy atom. The number of ether oxygens (including phenoxy) is 1. The maximum atomic E-state index is 11.3. The lowest BCUT2D eigenvalue weighted by Crippen LogP contribution is -2.02. The minimum atomic E-state index is -0.279. The van der Waals surface area contributed by atoms with Crippen molar-refractivity contribution in [1.29, 1.82) is 0 Å². The van der Waals surface area contributed by atoms with E-state index in [0.29, 0.717) is 6.61 Å². The zero-order valence-corrected chi connectivity index (χ0v) is 10.7. The third-order valence-electron chi connectivity index (χ3n) is 1.98. The number of alkyl halides is 1. The predicted octanol–water partition coefficient (Wildman–Crippen LogP) is 3.42. The Labute approximate surface area is 104 Å². The lowest BCUT2D eigenvalue weighted by atomic mass is 10.2. The molecular formula is C13H15BrO2. The number of hydrogen-bond acceptors (Lipinski definition) is 2. The van der Waals surface area contributed by atoms with Gasteiger partial charge in [0.15, 0.2) is 0 Å². The molecular weight excluding hydrogens is 268 g/mol. The minimum absolute atomic E-state index is 0.279. The van der Waals surface area contributed by atoms with Gasteiger partial charge in [0.05, 0.1) is 6.61 Å². The highest BCUT2D eigenvalue weighted by molar-refractivity contribution is 9.09. The van der Waals surface area contributed by atoms with E-state index in [-0.39, 0.29) is 5.97 Å². The summed E-state index contributed by atoms with van der Waals surface area (Å²) >= 11 is 3.32. The standard InChI is InChI=1S/C13H15BrO2/c14-10-4-5-11-16-13(15)9-8-12-6-2-1-3-7-12/h1-3,6-9H,4-5,10-11H2/b9-8+. The monoisotopic (exact) mass is 282 g/mol. The smallest absolute Gasteiger partial charge is 0.330 e. The van der Waals surface area contributed by atoms with Crippen molar-refractivity contribution in [3.8, 4) is 0 Å². The molecule has 86 valence electrons. The Balaban J connectivity index is 2.26. The third kappa shape index (κ3) is 5.71.